The summed E-state index contributed by atoms with van der Waals surface area (Å²) in [6.07, 6.45) is 1.50. The minimum atomic E-state index is -2.87. The number of carbonyl (C=O) groups is 1. The first-order chi connectivity index (χ1) is 9.54. The van der Waals surface area contributed by atoms with Crippen molar-refractivity contribution in [1.29, 1.82) is 0 Å². The Morgan fingerprint density at radius 1 is 1.25 bits per heavy atom. The number of carbonyl (C=O) groups excluding carboxylic acids is 1. The summed E-state index contributed by atoms with van der Waals surface area (Å²) in [6.45, 7) is -2.87. The fourth-order valence-corrected chi connectivity index (χ4v) is 1.83. The Morgan fingerprint density at radius 3 is 2.55 bits per heavy atom. The average molecular weight is 343 g/mol. The highest BCUT2D eigenvalue weighted by Crippen LogP contribution is 2.18. The number of alkyl halides is 2. The summed E-state index contributed by atoms with van der Waals surface area (Å²) >= 11 is 3.17. The minimum Gasteiger partial charge on any atom is -0.435 e. The summed E-state index contributed by atoms with van der Waals surface area (Å²) < 4.78 is 28.7. The van der Waals surface area contributed by atoms with Gasteiger partial charge in [-0.2, -0.15) is 8.78 Å². The Hall–Kier alpha value is -2.02. The smallest absolute Gasteiger partial charge is 0.387 e. The Balaban J connectivity index is 2.04. The van der Waals surface area contributed by atoms with Gasteiger partial charge in [0.25, 0.3) is 5.91 Å². The van der Waals surface area contributed by atoms with Crippen molar-refractivity contribution in [2.75, 3.05) is 5.32 Å². The van der Waals surface area contributed by atoms with Crippen molar-refractivity contribution in [2.24, 2.45) is 0 Å². The zero-order chi connectivity index (χ0) is 14.5. The maximum absolute atomic E-state index is 12.0. The lowest BCUT2D eigenvalue weighted by Crippen LogP contribution is -2.12. The van der Waals surface area contributed by atoms with Gasteiger partial charge in [0.15, 0.2) is 0 Å². The number of aromatic nitrogens is 1. The molecule has 1 N–H and O–H groups in total. The van der Waals surface area contributed by atoms with Crippen molar-refractivity contribution in [3.63, 3.8) is 0 Å². The van der Waals surface area contributed by atoms with Crippen LogP contribution in [0.5, 0.6) is 5.75 Å². The van der Waals surface area contributed by atoms with Crippen molar-refractivity contribution in [2.45, 2.75) is 6.61 Å². The predicted molar refractivity (Wildman–Crippen MR) is 73.0 cm³/mol. The molecule has 0 saturated heterocycles. The first-order valence-electron chi connectivity index (χ1n) is 5.52. The second-order valence-electron chi connectivity index (χ2n) is 3.72. The van der Waals surface area contributed by atoms with Crippen LogP contribution in [0.3, 0.4) is 0 Å². The SMILES string of the molecule is O=C(Nc1ccc(OC(F)F)cc1)c1ccnc(Br)c1. The standard InChI is InChI=1S/C13H9BrF2N2O2/c14-11-7-8(5-6-17-11)12(19)18-9-1-3-10(4-2-9)20-13(15)16/h1-7,13H,(H,18,19). The summed E-state index contributed by atoms with van der Waals surface area (Å²) in [6, 6.07) is 8.80. The molecule has 1 aromatic carbocycles. The van der Waals surface area contributed by atoms with Gasteiger partial charge in [-0.05, 0) is 52.3 Å². The van der Waals surface area contributed by atoms with E-state index in [4.69, 9.17) is 0 Å². The lowest BCUT2D eigenvalue weighted by molar-refractivity contribution is -0.0498. The van der Waals surface area contributed by atoms with Gasteiger partial charge in [-0.25, -0.2) is 4.98 Å². The van der Waals surface area contributed by atoms with Gasteiger partial charge in [0.1, 0.15) is 10.4 Å². The molecule has 1 amide bonds. The highest BCUT2D eigenvalue weighted by atomic mass is 79.9. The molecule has 0 aliphatic carbocycles. The van der Waals surface area contributed by atoms with Crippen LogP contribution in [0.15, 0.2) is 47.2 Å². The number of benzene rings is 1. The molecule has 0 spiro atoms. The van der Waals surface area contributed by atoms with Gasteiger partial charge in [0.05, 0.1) is 0 Å². The number of rotatable bonds is 4. The molecule has 4 nitrogen and oxygen atoms in total. The van der Waals surface area contributed by atoms with E-state index in [1.165, 1.54) is 30.5 Å². The summed E-state index contributed by atoms with van der Waals surface area (Å²) in [7, 11) is 0. The second kappa shape index (κ2) is 6.42. The third-order valence-corrected chi connectivity index (χ3v) is 2.76. The molecule has 0 radical (unpaired) electrons. The molecule has 2 rings (SSSR count). The Bertz CT molecular complexity index is 606. The number of amides is 1. The fraction of sp³-hybridized carbons (Fsp3) is 0.0769. The van der Waals surface area contributed by atoms with Gasteiger partial charge >= 0.3 is 6.61 Å². The van der Waals surface area contributed by atoms with Crippen molar-refractivity contribution in [1.82, 2.24) is 4.98 Å². The third-order valence-electron chi connectivity index (χ3n) is 2.33. The molecule has 2 aromatic rings. The highest BCUT2D eigenvalue weighted by Gasteiger charge is 2.08. The van der Waals surface area contributed by atoms with E-state index in [1.807, 2.05) is 0 Å². The molecular weight excluding hydrogens is 334 g/mol. The van der Waals surface area contributed by atoms with Gasteiger partial charge in [-0.15, -0.1) is 0 Å². The maximum atomic E-state index is 12.0. The average Bonchev–Trinajstić information content (AvgIpc) is 2.40. The molecule has 0 aliphatic heterocycles. The molecule has 0 bridgehead atoms. The number of hydrogen-bond donors (Lipinski definition) is 1. The third kappa shape index (κ3) is 3.99. The predicted octanol–water partition coefficient (Wildman–Crippen LogP) is 3.70. The maximum Gasteiger partial charge on any atom is 0.387 e. The van der Waals surface area contributed by atoms with Crippen molar-refractivity contribution in [3.8, 4) is 5.75 Å². The molecule has 0 unspecified atom stereocenters. The number of halogens is 3. The molecule has 7 heteroatoms. The molecule has 1 aromatic heterocycles. The van der Waals surface area contributed by atoms with Crippen LogP contribution in [-0.2, 0) is 0 Å². The van der Waals surface area contributed by atoms with Gasteiger partial charge in [0.2, 0.25) is 0 Å². The zero-order valence-electron chi connectivity index (χ0n) is 10.0. The van der Waals surface area contributed by atoms with Crippen LogP contribution in [0, 0.1) is 0 Å². The molecule has 0 fully saturated rings. The lowest BCUT2D eigenvalue weighted by atomic mass is 10.2. The van der Waals surface area contributed by atoms with Crippen LogP contribution < -0.4 is 10.1 Å². The Labute approximate surface area is 121 Å². The number of anilines is 1. The van der Waals surface area contributed by atoms with Crippen LogP contribution in [0.25, 0.3) is 0 Å². The molecular formula is C13H9BrF2N2O2. The second-order valence-corrected chi connectivity index (χ2v) is 4.54. The quantitative estimate of drug-likeness (QED) is 0.862. The molecule has 0 saturated carbocycles. The van der Waals surface area contributed by atoms with E-state index in [2.05, 4.69) is 31.0 Å². The van der Waals surface area contributed by atoms with Crippen LogP contribution >= 0.6 is 15.9 Å². The first kappa shape index (κ1) is 14.4. The van der Waals surface area contributed by atoms with Crippen LogP contribution in [0.4, 0.5) is 14.5 Å². The van der Waals surface area contributed by atoms with E-state index < -0.39 is 6.61 Å². The molecule has 0 atom stereocenters. The monoisotopic (exact) mass is 342 g/mol. The van der Waals surface area contributed by atoms with E-state index in [0.717, 1.165) is 0 Å². The van der Waals surface area contributed by atoms with E-state index >= 15 is 0 Å². The zero-order valence-corrected chi connectivity index (χ0v) is 11.6. The van der Waals surface area contributed by atoms with Crippen LogP contribution in [0.2, 0.25) is 0 Å². The summed E-state index contributed by atoms with van der Waals surface area (Å²) in [4.78, 5) is 15.8. The van der Waals surface area contributed by atoms with E-state index in [0.29, 0.717) is 15.9 Å². The van der Waals surface area contributed by atoms with Gasteiger partial charge in [-0.3, -0.25) is 4.79 Å². The number of hydrogen-bond acceptors (Lipinski definition) is 3. The normalized spacial score (nSPS) is 10.4. The van der Waals surface area contributed by atoms with Crippen molar-refractivity contribution in [3.05, 3.63) is 52.8 Å². The van der Waals surface area contributed by atoms with Gasteiger partial charge in [0, 0.05) is 17.4 Å². The Morgan fingerprint density at radius 2 is 1.95 bits per heavy atom. The minimum absolute atomic E-state index is 0.0321. The first-order valence-corrected chi connectivity index (χ1v) is 6.31. The lowest BCUT2D eigenvalue weighted by Gasteiger charge is -2.07. The van der Waals surface area contributed by atoms with Crippen molar-refractivity contribution < 1.29 is 18.3 Å². The summed E-state index contributed by atoms with van der Waals surface area (Å²) in [5.41, 5.74) is 0.907. The number of ether oxygens (including phenoxy) is 1. The molecule has 0 aliphatic rings. The van der Waals surface area contributed by atoms with Crippen LogP contribution in [-0.4, -0.2) is 17.5 Å². The van der Waals surface area contributed by atoms with E-state index in [-0.39, 0.29) is 11.7 Å². The molecule has 20 heavy (non-hydrogen) atoms. The highest BCUT2D eigenvalue weighted by molar-refractivity contribution is 9.10. The van der Waals surface area contributed by atoms with E-state index in [1.54, 1.807) is 12.1 Å². The van der Waals surface area contributed by atoms with Crippen LogP contribution in [0.1, 0.15) is 10.4 Å². The summed E-state index contributed by atoms with van der Waals surface area (Å²) in [5.74, 6) is -0.291. The largest absolute Gasteiger partial charge is 0.435 e. The number of pyridine rings is 1. The van der Waals surface area contributed by atoms with Gasteiger partial charge < -0.3 is 10.1 Å². The molecule has 1 heterocycles. The van der Waals surface area contributed by atoms with E-state index in [9.17, 15) is 13.6 Å². The Kier molecular flexibility index (Phi) is 4.62. The van der Waals surface area contributed by atoms with Crippen molar-refractivity contribution >= 4 is 27.5 Å². The number of nitrogens with zero attached hydrogens (tertiary/aromatic N) is 1. The summed E-state index contributed by atoms with van der Waals surface area (Å²) in [5, 5.41) is 2.64. The van der Waals surface area contributed by atoms with Gasteiger partial charge in [-0.1, -0.05) is 0 Å². The fourth-order valence-electron chi connectivity index (χ4n) is 1.47. The topological polar surface area (TPSA) is 51.2 Å². The molecule has 104 valence electrons. The number of nitrogens with one attached hydrogen (secondary N) is 1.